The van der Waals surface area contributed by atoms with Crippen LogP contribution in [0.3, 0.4) is 0 Å². The second-order valence-electron chi connectivity index (χ2n) is 7.88. The van der Waals surface area contributed by atoms with Gasteiger partial charge in [-0.3, -0.25) is 10.3 Å². The lowest BCUT2D eigenvalue weighted by atomic mass is 9.88. The van der Waals surface area contributed by atoms with E-state index in [2.05, 4.69) is 20.9 Å². The Kier molecular flexibility index (Phi) is 6.88. The molecule has 0 spiro atoms. The van der Waals surface area contributed by atoms with Gasteiger partial charge in [-0.2, -0.15) is 0 Å². The highest BCUT2D eigenvalue weighted by atomic mass is 16.6. The van der Waals surface area contributed by atoms with Gasteiger partial charge in [-0.05, 0) is 58.2 Å². The van der Waals surface area contributed by atoms with Crippen molar-refractivity contribution in [3.63, 3.8) is 0 Å². The molecule has 0 atom stereocenters. The third kappa shape index (κ3) is 6.14. The Bertz CT molecular complexity index is 734. The van der Waals surface area contributed by atoms with Crippen molar-refractivity contribution in [3.8, 4) is 0 Å². The standard InChI is InChI=1S/C20H30N4O4/c1-5-21-16(23-18(27)28-19(2,3)4)22-15-10-8-9-14(13-15)20(24-17(25)26)11-6-7-12-20/h8-10,13,24H,5-7,11-12H2,1-4H3,(H,25,26)(H2,21,22,23,27). The lowest BCUT2D eigenvalue weighted by molar-refractivity contribution is 0.0563. The Morgan fingerprint density at radius 2 is 1.93 bits per heavy atom. The zero-order valence-electron chi connectivity index (χ0n) is 17.0. The summed E-state index contributed by atoms with van der Waals surface area (Å²) in [5, 5.41) is 17.7. The maximum absolute atomic E-state index is 12.1. The SMILES string of the molecule is CCN=C(NC(=O)OC(C)(C)C)Nc1cccc(C2(NC(=O)O)CCCC2)c1. The number of hydrogen-bond acceptors (Lipinski definition) is 4. The van der Waals surface area contributed by atoms with E-state index < -0.39 is 23.3 Å². The van der Waals surface area contributed by atoms with Gasteiger partial charge in [0.15, 0.2) is 0 Å². The minimum Gasteiger partial charge on any atom is -0.465 e. The predicted molar refractivity (Wildman–Crippen MR) is 109 cm³/mol. The lowest BCUT2D eigenvalue weighted by Gasteiger charge is -2.30. The summed E-state index contributed by atoms with van der Waals surface area (Å²) in [7, 11) is 0. The largest absolute Gasteiger partial charge is 0.465 e. The summed E-state index contributed by atoms with van der Waals surface area (Å²) in [5.41, 5.74) is 0.410. The summed E-state index contributed by atoms with van der Waals surface area (Å²) < 4.78 is 5.27. The molecule has 1 saturated carbocycles. The zero-order chi connectivity index (χ0) is 20.8. The number of nitrogens with zero attached hydrogens (tertiary/aromatic N) is 1. The van der Waals surface area contributed by atoms with Crippen LogP contribution >= 0.6 is 0 Å². The molecule has 1 fully saturated rings. The second-order valence-corrected chi connectivity index (χ2v) is 7.88. The number of carbonyl (C=O) groups is 2. The van der Waals surface area contributed by atoms with Gasteiger partial charge in [0.1, 0.15) is 5.60 Å². The highest BCUT2D eigenvalue weighted by Crippen LogP contribution is 2.39. The van der Waals surface area contributed by atoms with Crippen molar-refractivity contribution in [1.82, 2.24) is 10.6 Å². The molecule has 0 aliphatic heterocycles. The van der Waals surface area contributed by atoms with Crippen molar-refractivity contribution in [2.24, 2.45) is 4.99 Å². The maximum Gasteiger partial charge on any atom is 0.414 e. The van der Waals surface area contributed by atoms with E-state index in [0.717, 1.165) is 31.2 Å². The van der Waals surface area contributed by atoms with Crippen LogP contribution in [0.4, 0.5) is 15.3 Å². The molecule has 2 rings (SSSR count). The molecule has 154 valence electrons. The number of alkyl carbamates (subject to hydrolysis) is 1. The zero-order valence-corrected chi connectivity index (χ0v) is 17.0. The van der Waals surface area contributed by atoms with Gasteiger partial charge in [-0.1, -0.05) is 25.0 Å². The first-order valence-corrected chi connectivity index (χ1v) is 9.57. The summed E-state index contributed by atoms with van der Waals surface area (Å²) in [5.74, 6) is 0.278. The van der Waals surface area contributed by atoms with Crippen LogP contribution in [0.1, 0.15) is 58.9 Å². The average Bonchev–Trinajstić information content (AvgIpc) is 3.02. The fourth-order valence-electron chi connectivity index (χ4n) is 3.37. The van der Waals surface area contributed by atoms with Gasteiger partial charge in [0.05, 0.1) is 5.54 Å². The molecule has 0 radical (unpaired) electrons. The van der Waals surface area contributed by atoms with Crippen molar-refractivity contribution in [1.29, 1.82) is 0 Å². The monoisotopic (exact) mass is 390 g/mol. The minimum atomic E-state index is -1.03. The quantitative estimate of drug-likeness (QED) is 0.458. The number of carboxylic acid groups (broad SMARTS) is 1. The molecule has 0 saturated heterocycles. The molecule has 1 aliphatic carbocycles. The minimum absolute atomic E-state index is 0.278. The second kappa shape index (κ2) is 8.95. The summed E-state index contributed by atoms with van der Waals surface area (Å²) in [6, 6.07) is 7.51. The molecule has 8 heteroatoms. The van der Waals surface area contributed by atoms with Crippen LogP contribution in [0.2, 0.25) is 0 Å². The first-order chi connectivity index (χ1) is 13.1. The first kappa shape index (κ1) is 21.5. The smallest absolute Gasteiger partial charge is 0.414 e. The number of amides is 2. The van der Waals surface area contributed by atoms with Crippen molar-refractivity contribution >= 4 is 23.8 Å². The maximum atomic E-state index is 12.1. The number of hydrogen-bond donors (Lipinski definition) is 4. The van der Waals surface area contributed by atoms with Gasteiger partial charge < -0.3 is 20.5 Å². The first-order valence-electron chi connectivity index (χ1n) is 9.57. The van der Waals surface area contributed by atoms with Gasteiger partial charge in [-0.15, -0.1) is 0 Å². The molecule has 0 aromatic heterocycles. The Morgan fingerprint density at radius 1 is 1.25 bits per heavy atom. The Balaban J connectivity index is 2.18. The molecular weight excluding hydrogens is 360 g/mol. The van der Waals surface area contributed by atoms with Crippen molar-refractivity contribution < 1.29 is 19.4 Å². The van der Waals surface area contributed by atoms with Crippen molar-refractivity contribution in [3.05, 3.63) is 29.8 Å². The van der Waals surface area contributed by atoms with Gasteiger partial charge in [0.2, 0.25) is 5.96 Å². The molecule has 1 aromatic carbocycles. The van der Waals surface area contributed by atoms with E-state index >= 15 is 0 Å². The van der Waals surface area contributed by atoms with Crippen LogP contribution in [0.15, 0.2) is 29.3 Å². The summed E-state index contributed by atoms with van der Waals surface area (Å²) in [6.45, 7) is 7.70. The molecular formula is C20H30N4O4. The van der Waals surface area contributed by atoms with E-state index in [9.17, 15) is 14.7 Å². The van der Waals surface area contributed by atoms with Crippen LogP contribution in [-0.4, -0.2) is 35.4 Å². The van der Waals surface area contributed by atoms with Gasteiger partial charge in [0.25, 0.3) is 0 Å². The molecule has 0 unspecified atom stereocenters. The number of aliphatic imine (C=N–C) groups is 1. The Labute approximate surface area is 165 Å². The third-order valence-corrected chi connectivity index (χ3v) is 4.42. The van der Waals surface area contributed by atoms with Crippen LogP contribution in [0.5, 0.6) is 0 Å². The number of rotatable bonds is 4. The van der Waals surface area contributed by atoms with Crippen LogP contribution in [0.25, 0.3) is 0 Å². The molecule has 8 nitrogen and oxygen atoms in total. The van der Waals surface area contributed by atoms with Crippen LogP contribution in [0, 0.1) is 0 Å². The van der Waals surface area contributed by atoms with E-state index in [1.165, 1.54) is 0 Å². The lowest BCUT2D eigenvalue weighted by Crippen LogP contribution is -2.43. The average molecular weight is 390 g/mol. The van der Waals surface area contributed by atoms with Crippen molar-refractivity contribution in [2.45, 2.75) is 64.5 Å². The Hall–Kier alpha value is -2.77. The molecule has 4 N–H and O–H groups in total. The molecule has 28 heavy (non-hydrogen) atoms. The fraction of sp³-hybridized carbons (Fsp3) is 0.550. The van der Waals surface area contributed by atoms with Gasteiger partial charge in [0, 0.05) is 12.2 Å². The predicted octanol–water partition coefficient (Wildman–Crippen LogP) is 4.04. The van der Waals surface area contributed by atoms with E-state index in [1.807, 2.05) is 31.2 Å². The molecule has 0 bridgehead atoms. The molecule has 2 amide bonds. The van der Waals surface area contributed by atoms with E-state index in [4.69, 9.17) is 4.74 Å². The van der Waals surface area contributed by atoms with E-state index in [-0.39, 0.29) is 5.96 Å². The number of guanidine groups is 1. The highest BCUT2D eigenvalue weighted by Gasteiger charge is 2.37. The number of nitrogens with one attached hydrogen (secondary N) is 3. The normalized spacial score (nSPS) is 16.4. The van der Waals surface area contributed by atoms with Crippen molar-refractivity contribution in [2.75, 3.05) is 11.9 Å². The molecule has 0 heterocycles. The molecule has 1 aliphatic rings. The van der Waals surface area contributed by atoms with E-state index in [0.29, 0.717) is 12.2 Å². The summed E-state index contributed by atoms with van der Waals surface area (Å²) >= 11 is 0. The van der Waals surface area contributed by atoms with Crippen LogP contribution in [-0.2, 0) is 10.3 Å². The Morgan fingerprint density at radius 3 is 2.50 bits per heavy atom. The highest BCUT2D eigenvalue weighted by molar-refractivity contribution is 6.02. The van der Waals surface area contributed by atoms with E-state index in [1.54, 1.807) is 20.8 Å². The number of ether oxygens (including phenoxy) is 1. The third-order valence-electron chi connectivity index (χ3n) is 4.42. The number of anilines is 1. The molecule has 1 aromatic rings. The number of benzene rings is 1. The van der Waals surface area contributed by atoms with Crippen LogP contribution < -0.4 is 16.0 Å². The van der Waals surface area contributed by atoms with Gasteiger partial charge in [-0.25, -0.2) is 9.59 Å². The summed E-state index contributed by atoms with van der Waals surface area (Å²) in [6.07, 6.45) is 1.84. The number of carbonyl (C=O) groups excluding carboxylic acids is 1. The topological polar surface area (TPSA) is 112 Å². The summed E-state index contributed by atoms with van der Waals surface area (Å²) in [4.78, 5) is 27.6. The fourth-order valence-corrected chi connectivity index (χ4v) is 3.37. The van der Waals surface area contributed by atoms with Gasteiger partial charge >= 0.3 is 12.2 Å².